The van der Waals surface area contributed by atoms with Gasteiger partial charge in [-0.1, -0.05) is 19.8 Å². The average molecular weight is 312 g/mol. The predicted octanol–water partition coefficient (Wildman–Crippen LogP) is 5.37. The van der Waals surface area contributed by atoms with Crippen LogP contribution in [-0.2, 0) is 0 Å². The molecule has 0 heterocycles. The number of carboxylic acids is 1. The minimum Gasteiger partial charge on any atom is -0.494 e. The fourth-order valence-electron chi connectivity index (χ4n) is 1.94. The maximum Gasteiger partial charge on any atom is 0.335 e. The van der Waals surface area contributed by atoms with Gasteiger partial charge in [0.1, 0.15) is 5.75 Å². The van der Waals surface area contributed by atoms with Crippen molar-refractivity contribution < 1.29 is 14.6 Å². The molecule has 2 aromatic carbocycles. The lowest BCUT2D eigenvalue weighted by Crippen LogP contribution is -1.96. The molecule has 1 N–H and O–H groups in total. The zero-order valence-electron chi connectivity index (χ0n) is 13.1. The van der Waals surface area contributed by atoms with E-state index in [2.05, 4.69) is 17.2 Å². The summed E-state index contributed by atoms with van der Waals surface area (Å²) in [6.45, 7) is 2.89. The van der Waals surface area contributed by atoms with E-state index in [1.165, 1.54) is 25.0 Å². The van der Waals surface area contributed by atoms with Gasteiger partial charge in [-0.15, -0.1) is 0 Å². The maximum atomic E-state index is 10.8. The van der Waals surface area contributed by atoms with E-state index in [1.807, 2.05) is 24.3 Å². The van der Waals surface area contributed by atoms with Crippen molar-refractivity contribution in [1.82, 2.24) is 0 Å². The van der Waals surface area contributed by atoms with Gasteiger partial charge in [0.15, 0.2) is 0 Å². The van der Waals surface area contributed by atoms with Crippen molar-refractivity contribution in [2.45, 2.75) is 26.2 Å². The highest BCUT2D eigenvalue weighted by Crippen LogP contribution is 2.21. The first kappa shape index (κ1) is 16.7. The molecule has 0 aliphatic carbocycles. The molecule has 0 saturated carbocycles. The minimum atomic E-state index is -0.956. The van der Waals surface area contributed by atoms with Crippen molar-refractivity contribution in [3.63, 3.8) is 0 Å². The van der Waals surface area contributed by atoms with E-state index in [-0.39, 0.29) is 5.56 Å². The van der Waals surface area contributed by atoms with Crippen molar-refractivity contribution in [3.8, 4) is 5.75 Å². The van der Waals surface area contributed by atoms with E-state index in [0.717, 1.165) is 18.8 Å². The van der Waals surface area contributed by atoms with Gasteiger partial charge in [-0.3, -0.25) is 0 Å². The SMILES string of the molecule is CCCCCOc1ccc(/N=N/c2ccc(C(=O)O)cc2)cc1. The molecule has 0 aliphatic heterocycles. The molecule has 120 valence electrons. The van der Waals surface area contributed by atoms with Gasteiger partial charge in [-0.05, 0) is 55.0 Å². The third-order valence-electron chi connectivity index (χ3n) is 3.25. The molecular weight excluding hydrogens is 292 g/mol. The molecule has 5 heteroatoms. The predicted molar refractivity (Wildman–Crippen MR) is 89.0 cm³/mol. The van der Waals surface area contributed by atoms with Crippen LogP contribution in [0.5, 0.6) is 5.75 Å². The van der Waals surface area contributed by atoms with Gasteiger partial charge in [0, 0.05) is 0 Å². The second-order valence-electron chi connectivity index (χ2n) is 5.10. The van der Waals surface area contributed by atoms with E-state index in [4.69, 9.17) is 9.84 Å². The molecule has 0 atom stereocenters. The first-order valence-corrected chi connectivity index (χ1v) is 7.67. The summed E-state index contributed by atoms with van der Waals surface area (Å²) in [6.07, 6.45) is 3.41. The molecule has 0 aliphatic rings. The zero-order chi connectivity index (χ0) is 16.5. The van der Waals surface area contributed by atoms with Crippen LogP contribution in [0.4, 0.5) is 11.4 Å². The van der Waals surface area contributed by atoms with Crippen molar-refractivity contribution in [1.29, 1.82) is 0 Å². The molecular formula is C18H20N2O3. The summed E-state index contributed by atoms with van der Waals surface area (Å²) in [5.74, 6) is -0.131. The second kappa shape index (κ2) is 8.68. The van der Waals surface area contributed by atoms with Gasteiger partial charge in [0.2, 0.25) is 0 Å². The minimum absolute atomic E-state index is 0.230. The molecule has 0 unspecified atom stereocenters. The number of carboxylic acid groups (broad SMARTS) is 1. The summed E-state index contributed by atoms with van der Waals surface area (Å²) in [6, 6.07) is 13.7. The summed E-state index contributed by atoms with van der Waals surface area (Å²) in [4.78, 5) is 10.8. The number of carbonyl (C=O) groups is 1. The Labute approximate surface area is 135 Å². The summed E-state index contributed by atoms with van der Waals surface area (Å²) in [7, 11) is 0. The van der Waals surface area contributed by atoms with Crippen LogP contribution in [0, 0.1) is 0 Å². The highest BCUT2D eigenvalue weighted by atomic mass is 16.5. The highest BCUT2D eigenvalue weighted by molar-refractivity contribution is 5.87. The Morgan fingerprint density at radius 1 is 0.957 bits per heavy atom. The topological polar surface area (TPSA) is 71.2 Å². The first-order valence-electron chi connectivity index (χ1n) is 7.67. The number of rotatable bonds is 8. The number of ether oxygens (including phenoxy) is 1. The first-order chi connectivity index (χ1) is 11.2. The third kappa shape index (κ3) is 5.54. The molecule has 23 heavy (non-hydrogen) atoms. The van der Waals surface area contributed by atoms with Crippen LogP contribution in [0.1, 0.15) is 36.5 Å². The van der Waals surface area contributed by atoms with Gasteiger partial charge in [0.25, 0.3) is 0 Å². The lowest BCUT2D eigenvalue weighted by atomic mass is 10.2. The molecule has 0 bridgehead atoms. The van der Waals surface area contributed by atoms with Gasteiger partial charge < -0.3 is 9.84 Å². The number of unbranched alkanes of at least 4 members (excludes halogenated alkanes) is 2. The molecule has 0 fully saturated rings. The Kier molecular flexibility index (Phi) is 6.29. The normalized spacial score (nSPS) is 10.8. The van der Waals surface area contributed by atoms with E-state index in [9.17, 15) is 4.79 Å². The Bertz CT molecular complexity index is 649. The molecule has 0 amide bonds. The third-order valence-corrected chi connectivity index (χ3v) is 3.25. The van der Waals surface area contributed by atoms with Gasteiger partial charge in [0.05, 0.1) is 23.5 Å². The summed E-state index contributed by atoms with van der Waals surface area (Å²) in [5.41, 5.74) is 1.55. The second-order valence-corrected chi connectivity index (χ2v) is 5.10. The van der Waals surface area contributed by atoms with Crippen LogP contribution in [-0.4, -0.2) is 17.7 Å². The van der Waals surface area contributed by atoms with Crippen LogP contribution >= 0.6 is 0 Å². The van der Waals surface area contributed by atoms with E-state index in [1.54, 1.807) is 12.1 Å². The maximum absolute atomic E-state index is 10.8. The van der Waals surface area contributed by atoms with Crippen LogP contribution in [0.2, 0.25) is 0 Å². The van der Waals surface area contributed by atoms with Crippen LogP contribution in [0.15, 0.2) is 58.8 Å². The Morgan fingerprint density at radius 2 is 1.52 bits per heavy atom. The Balaban J connectivity index is 1.90. The smallest absolute Gasteiger partial charge is 0.335 e. The molecule has 0 radical (unpaired) electrons. The highest BCUT2D eigenvalue weighted by Gasteiger charge is 2.01. The van der Waals surface area contributed by atoms with E-state index >= 15 is 0 Å². The molecule has 5 nitrogen and oxygen atoms in total. The van der Waals surface area contributed by atoms with Gasteiger partial charge in [-0.2, -0.15) is 10.2 Å². The van der Waals surface area contributed by atoms with Crippen molar-refractivity contribution >= 4 is 17.3 Å². The fraction of sp³-hybridized carbons (Fsp3) is 0.278. The monoisotopic (exact) mass is 312 g/mol. The van der Waals surface area contributed by atoms with Gasteiger partial charge >= 0.3 is 5.97 Å². The standard InChI is InChI=1S/C18H20N2O3/c1-2-3-4-13-23-17-11-9-16(10-12-17)20-19-15-7-5-14(6-8-15)18(21)22/h5-12H,2-4,13H2,1H3,(H,21,22)/b20-19+. The van der Waals surface area contributed by atoms with Crippen molar-refractivity contribution in [2.24, 2.45) is 10.2 Å². The molecule has 0 aromatic heterocycles. The van der Waals surface area contributed by atoms with E-state index < -0.39 is 5.97 Å². The number of nitrogens with zero attached hydrogens (tertiary/aromatic N) is 2. The molecule has 2 rings (SSSR count). The lowest BCUT2D eigenvalue weighted by molar-refractivity contribution is 0.0697. The van der Waals surface area contributed by atoms with Crippen molar-refractivity contribution in [3.05, 3.63) is 54.1 Å². The lowest BCUT2D eigenvalue weighted by Gasteiger charge is -2.05. The Morgan fingerprint density at radius 3 is 2.04 bits per heavy atom. The fourth-order valence-corrected chi connectivity index (χ4v) is 1.94. The number of hydrogen-bond donors (Lipinski definition) is 1. The Hall–Kier alpha value is -2.69. The number of azo groups is 1. The summed E-state index contributed by atoms with van der Waals surface area (Å²) >= 11 is 0. The number of aromatic carboxylic acids is 1. The molecule has 0 saturated heterocycles. The van der Waals surface area contributed by atoms with E-state index in [0.29, 0.717) is 11.4 Å². The van der Waals surface area contributed by atoms with Crippen LogP contribution in [0.3, 0.4) is 0 Å². The molecule has 2 aromatic rings. The largest absolute Gasteiger partial charge is 0.494 e. The number of benzene rings is 2. The van der Waals surface area contributed by atoms with Crippen LogP contribution in [0.25, 0.3) is 0 Å². The summed E-state index contributed by atoms with van der Waals surface area (Å²) < 4.78 is 5.63. The summed E-state index contributed by atoms with van der Waals surface area (Å²) in [5, 5.41) is 17.0. The van der Waals surface area contributed by atoms with Crippen LogP contribution < -0.4 is 4.74 Å². The zero-order valence-corrected chi connectivity index (χ0v) is 13.1. The molecule has 0 spiro atoms. The van der Waals surface area contributed by atoms with Gasteiger partial charge in [-0.25, -0.2) is 4.79 Å². The number of hydrogen-bond acceptors (Lipinski definition) is 4. The average Bonchev–Trinajstić information content (AvgIpc) is 2.58. The van der Waals surface area contributed by atoms with Crippen molar-refractivity contribution in [2.75, 3.05) is 6.61 Å². The quantitative estimate of drug-likeness (QED) is 0.526.